The Morgan fingerprint density at radius 3 is 2.54 bits per heavy atom. The zero-order valence-corrected chi connectivity index (χ0v) is 28.3. The number of nitrogens with zero attached hydrogens (tertiary/aromatic N) is 3. The van der Waals surface area contributed by atoms with E-state index >= 15 is 0 Å². The maximum absolute atomic E-state index is 13.5. The van der Waals surface area contributed by atoms with E-state index in [1.807, 2.05) is 24.3 Å². The molecule has 1 aliphatic carbocycles. The Hall–Kier alpha value is -4.22. The molecular weight excluding hydrogens is 599 g/mol. The fourth-order valence-electron chi connectivity index (χ4n) is 6.23. The van der Waals surface area contributed by atoms with Crippen LogP contribution in [-0.4, -0.2) is 60.6 Å². The number of aromatic nitrogens is 2. The molecule has 11 heteroatoms. The standard InChI is InChI=1S/C35H43N5O5Si/c1-21-19-40(20-28(39-34(42)43)31(21)45-46(5,6)35(2,3)4)29-14-15-36-18-27(29)37-32(41)26-13-12-23-16-30(44-33(23)38-26)25-17-24(25)22-10-8-7-9-11-22/h7-16,18,21,24-25,28,31,39H,17,19-20H2,1-6H3,(H,37,41)(H,42,43)/t21-,24-,25+,28+,31+/m0/s1. The maximum Gasteiger partial charge on any atom is 0.405 e. The summed E-state index contributed by atoms with van der Waals surface area (Å²) in [5.41, 5.74) is 3.25. The number of amides is 2. The van der Waals surface area contributed by atoms with Crippen molar-refractivity contribution in [1.82, 2.24) is 15.3 Å². The summed E-state index contributed by atoms with van der Waals surface area (Å²) in [4.78, 5) is 36.3. The lowest BCUT2D eigenvalue weighted by molar-refractivity contribution is 0.0722. The summed E-state index contributed by atoms with van der Waals surface area (Å²) in [7, 11) is -2.17. The Bertz CT molecular complexity index is 1740. The zero-order chi connectivity index (χ0) is 32.8. The summed E-state index contributed by atoms with van der Waals surface area (Å²) < 4.78 is 12.9. The van der Waals surface area contributed by atoms with Crippen LogP contribution >= 0.6 is 0 Å². The van der Waals surface area contributed by atoms with Crippen molar-refractivity contribution in [2.45, 2.75) is 76.2 Å². The van der Waals surface area contributed by atoms with E-state index in [-0.39, 0.29) is 28.7 Å². The predicted molar refractivity (Wildman–Crippen MR) is 181 cm³/mol. The second-order valence-corrected chi connectivity index (χ2v) is 19.0. The number of pyridine rings is 2. The van der Waals surface area contributed by atoms with E-state index in [0.29, 0.717) is 36.3 Å². The predicted octanol–water partition coefficient (Wildman–Crippen LogP) is 7.23. The Morgan fingerprint density at radius 2 is 1.83 bits per heavy atom. The van der Waals surface area contributed by atoms with E-state index in [9.17, 15) is 14.7 Å². The molecule has 0 radical (unpaired) electrons. The molecule has 0 bridgehead atoms. The van der Waals surface area contributed by atoms with E-state index in [0.717, 1.165) is 23.3 Å². The van der Waals surface area contributed by atoms with Crippen molar-refractivity contribution in [3.63, 3.8) is 0 Å². The SMILES string of the molecule is C[C@H]1CN(c2ccncc2NC(=O)c2ccc3cc([C@@H]4C[C@H]4c4ccccc4)oc3n2)C[C@@H](NC(=O)O)[C@@H]1O[Si](C)(C)C(C)(C)C. The lowest BCUT2D eigenvalue weighted by Gasteiger charge is -2.48. The molecule has 2 aliphatic rings. The number of fused-ring (bicyclic) bond motifs is 1. The van der Waals surface area contributed by atoms with E-state index < -0.39 is 20.5 Å². The summed E-state index contributed by atoms with van der Waals surface area (Å²) in [5.74, 6) is 1.27. The first-order valence-electron chi connectivity index (χ1n) is 15.9. The number of hydrogen-bond donors (Lipinski definition) is 3. The first-order valence-corrected chi connectivity index (χ1v) is 18.8. The van der Waals surface area contributed by atoms with Crippen molar-refractivity contribution in [1.29, 1.82) is 0 Å². The largest absolute Gasteiger partial charge is 0.465 e. The molecule has 2 fully saturated rings. The highest BCUT2D eigenvalue weighted by molar-refractivity contribution is 6.74. The number of furan rings is 1. The van der Waals surface area contributed by atoms with E-state index in [2.05, 4.69) is 90.6 Å². The van der Waals surface area contributed by atoms with E-state index in [4.69, 9.17) is 8.84 Å². The molecule has 4 aromatic rings. The van der Waals surface area contributed by atoms with Gasteiger partial charge in [-0.1, -0.05) is 58.0 Å². The van der Waals surface area contributed by atoms with Crippen LogP contribution in [0.4, 0.5) is 16.2 Å². The van der Waals surface area contributed by atoms with Gasteiger partial charge in [0.25, 0.3) is 5.91 Å². The summed E-state index contributed by atoms with van der Waals surface area (Å²) in [6.45, 7) is 14.0. The minimum Gasteiger partial charge on any atom is -0.465 e. The van der Waals surface area contributed by atoms with Gasteiger partial charge in [-0.15, -0.1) is 0 Å². The quantitative estimate of drug-likeness (QED) is 0.172. The molecule has 1 saturated heterocycles. The lowest BCUT2D eigenvalue weighted by atomic mass is 9.92. The smallest absolute Gasteiger partial charge is 0.405 e. The molecule has 1 saturated carbocycles. The molecule has 0 spiro atoms. The number of anilines is 2. The number of carboxylic acid groups (broad SMARTS) is 1. The fourth-order valence-corrected chi connectivity index (χ4v) is 7.66. The molecule has 0 unspecified atom stereocenters. The Kier molecular flexibility index (Phi) is 8.41. The van der Waals surface area contributed by atoms with Gasteiger partial charge in [0.05, 0.1) is 29.7 Å². The van der Waals surface area contributed by atoms with Gasteiger partial charge in [-0.3, -0.25) is 9.78 Å². The van der Waals surface area contributed by atoms with Gasteiger partial charge in [0.2, 0.25) is 5.71 Å². The Balaban J connectivity index is 1.18. The van der Waals surface area contributed by atoms with Crippen molar-refractivity contribution < 1.29 is 23.5 Å². The average Bonchev–Trinajstić information content (AvgIpc) is 3.69. The third-order valence-corrected chi connectivity index (χ3v) is 14.3. The molecule has 242 valence electrons. The van der Waals surface area contributed by atoms with Gasteiger partial charge in [-0.05, 0) is 60.3 Å². The van der Waals surface area contributed by atoms with Crippen molar-refractivity contribution in [2.75, 3.05) is 23.3 Å². The first kappa shape index (κ1) is 31.7. The highest BCUT2D eigenvalue weighted by Crippen LogP contribution is 2.55. The van der Waals surface area contributed by atoms with Crippen LogP contribution in [0, 0.1) is 5.92 Å². The molecule has 10 nitrogen and oxygen atoms in total. The van der Waals surface area contributed by atoms with Crippen LogP contribution in [0.1, 0.15) is 67.8 Å². The average molecular weight is 642 g/mol. The second-order valence-electron chi connectivity index (χ2n) is 14.2. The van der Waals surface area contributed by atoms with Gasteiger partial charge in [0, 0.05) is 36.5 Å². The molecule has 6 rings (SSSR count). The van der Waals surface area contributed by atoms with Gasteiger partial charge >= 0.3 is 6.09 Å². The number of piperidine rings is 1. The summed E-state index contributed by atoms with van der Waals surface area (Å²) in [5, 5.41) is 16.3. The van der Waals surface area contributed by atoms with Crippen LogP contribution in [0.2, 0.25) is 18.1 Å². The molecule has 1 aliphatic heterocycles. The molecule has 3 aromatic heterocycles. The molecule has 5 atom stereocenters. The molecule has 1 aromatic carbocycles. The summed E-state index contributed by atoms with van der Waals surface area (Å²) in [6.07, 6.45) is 2.94. The van der Waals surface area contributed by atoms with Gasteiger partial charge in [-0.25, -0.2) is 9.78 Å². The molecule has 2 amide bonds. The van der Waals surface area contributed by atoms with Gasteiger partial charge < -0.3 is 29.5 Å². The number of benzene rings is 1. The Morgan fingerprint density at radius 1 is 1.07 bits per heavy atom. The van der Waals surface area contributed by atoms with E-state index in [1.54, 1.807) is 18.5 Å². The topological polar surface area (TPSA) is 130 Å². The van der Waals surface area contributed by atoms with Crippen LogP contribution in [-0.2, 0) is 4.43 Å². The van der Waals surface area contributed by atoms with Crippen LogP contribution < -0.4 is 15.5 Å². The monoisotopic (exact) mass is 641 g/mol. The summed E-state index contributed by atoms with van der Waals surface area (Å²) >= 11 is 0. The zero-order valence-electron chi connectivity index (χ0n) is 27.3. The molecule has 46 heavy (non-hydrogen) atoms. The van der Waals surface area contributed by atoms with Crippen LogP contribution in [0.25, 0.3) is 11.1 Å². The van der Waals surface area contributed by atoms with Crippen molar-refractivity contribution in [2.24, 2.45) is 5.92 Å². The molecule has 4 heterocycles. The Labute approximate surface area is 270 Å². The lowest BCUT2D eigenvalue weighted by Crippen LogP contribution is -2.62. The number of carbonyl (C=O) groups is 2. The highest BCUT2D eigenvalue weighted by Gasteiger charge is 2.45. The molecule has 3 N–H and O–H groups in total. The molecular formula is C35H43N5O5Si. The third-order valence-electron chi connectivity index (χ3n) is 9.83. The maximum atomic E-state index is 13.5. The number of rotatable bonds is 8. The van der Waals surface area contributed by atoms with Crippen LogP contribution in [0.15, 0.2) is 71.4 Å². The minimum atomic E-state index is -2.17. The van der Waals surface area contributed by atoms with Crippen LogP contribution in [0.3, 0.4) is 0 Å². The summed E-state index contributed by atoms with van der Waals surface area (Å²) in [6, 6.07) is 17.4. The highest BCUT2D eigenvalue weighted by atomic mass is 28.4. The third kappa shape index (κ3) is 6.52. The van der Waals surface area contributed by atoms with Gasteiger partial charge in [-0.2, -0.15) is 0 Å². The van der Waals surface area contributed by atoms with Gasteiger partial charge in [0.1, 0.15) is 11.5 Å². The van der Waals surface area contributed by atoms with Crippen molar-refractivity contribution >= 4 is 42.8 Å². The first-order chi connectivity index (χ1) is 21.8. The number of nitrogens with one attached hydrogen (secondary N) is 2. The van der Waals surface area contributed by atoms with Crippen LogP contribution in [0.5, 0.6) is 0 Å². The fraction of sp³-hybridized carbons (Fsp3) is 0.429. The van der Waals surface area contributed by atoms with Gasteiger partial charge in [0.15, 0.2) is 8.32 Å². The second kappa shape index (κ2) is 12.2. The van der Waals surface area contributed by atoms with E-state index in [1.165, 1.54) is 5.56 Å². The normalized spacial score (nSPS) is 23.3. The van der Waals surface area contributed by atoms with Crippen molar-refractivity contribution in [3.8, 4) is 0 Å². The number of carbonyl (C=O) groups excluding carboxylic acids is 1. The number of hydrogen-bond acceptors (Lipinski definition) is 7. The minimum absolute atomic E-state index is 0.0154. The van der Waals surface area contributed by atoms with Crippen molar-refractivity contribution in [3.05, 3.63) is 84.0 Å².